The van der Waals surface area contributed by atoms with Gasteiger partial charge in [-0.05, 0) is 6.42 Å². The number of unbranched alkanes of at least 4 members (excludes halogenated alkanes) is 9. The fourth-order valence-electron chi connectivity index (χ4n) is 2.89. The molecule has 0 aliphatic heterocycles. The zero-order valence-corrected chi connectivity index (χ0v) is 17.4. The highest BCUT2D eigenvalue weighted by Crippen LogP contribution is 2.44. The quantitative estimate of drug-likeness (QED) is 0.0715. The summed E-state index contributed by atoms with van der Waals surface area (Å²) in [6, 6.07) is 0. The monoisotopic (exact) mass is 464 g/mol. The molecular formula is C19H26F6O4S. The van der Waals surface area contributed by atoms with Crippen molar-refractivity contribution in [2.24, 2.45) is 0 Å². The van der Waals surface area contributed by atoms with Crippen LogP contribution >= 0.6 is 12.0 Å². The molecule has 0 atom stereocenters. The second kappa shape index (κ2) is 14.0. The molecule has 0 amide bonds. The molecule has 1 aromatic carbocycles. The van der Waals surface area contributed by atoms with E-state index in [1.165, 1.54) is 25.7 Å². The van der Waals surface area contributed by atoms with E-state index in [1.54, 1.807) is 0 Å². The van der Waals surface area contributed by atoms with Gasteiger partial charge in [-0.25, -0.2) is 14.0 Å². The summed E-state index contributed by atoms with van der Waals surface area (Å²) in [7, 11) is 0. The molecule has 11 heteroatoms. The van der Waals surface area contributed by atoms with Gasteiger partial charge in [-0.3, -0.25) is 0 Å². The van der Waals surface area contributed by atoms with Crippen molar-refractivity contribution >= 4 is 12.0 Å². The number of ether oxygens (including phenoxy) is 1. The van der Waals surface area contributed by atoms with Crippen LogP contribution in [0.3, 0.4) is 0 Å². The first-order valence-corrected chi connectivity index (χ1v) is 10.5. The number of hydrogen-bond donors (Lipinski definition) is 1. The van der Waals surface area contributed by atoms with Crippen molar-refractivity contribution in [3.63, 3.8) is 0 Å². The first kappa shape index (κ1) is 26.9. The average Bonchev–Trinajstić information content (AvgIpc) is 2.68. The Kier molecular flexibility index (Phi) is 12.5. The van der Waals surface area contributed by atoms with E-state index in [2.05, 4.69) is 16.3 Å². The normalized spacial score (nSPS) is 11.9. The molecule has 0 saturated heterocycles. The third kappa shape index (κ3) is 8.52. The third-order valence-corrected chi connectivity index (χ3v) is 5.07. The van der Waals surface area contributed by atoms with Crippen molar-refractivity contribution in [2.75, 3.05) is 6.61 Å². The van der Waals surface area contributed by atoms with Gasteiger partial charge in [0.05, 0.1) is 18.6 Å². The Labute approximate surface area is 175 Å². The van der Waals surface area contributed by atoms with Gasteiger partial charge in [0.25, 0.3) is 0 Å². The summed E-state index contributed by atoms with van der Waals surface area (Å²) in [6.45, 7) is 1.82. The van der Waals surface area contributed by atoms with Crippen molar-refractivity contribution in [1.29, 1.82) is 0 Å². The SMILES string of the molecule is CCCCCCCCCCCCOc1c(F)c(F)c(SOOO)c(F)c1C(F)(F)F. The zero-order chi connectivity index (χ0) is 22.6. The van der Waals surface area contributed by atoms with Crippen molar-refractivity contribution in [3.05, 3.63) is 23.0 Å². The molecule has 0 saturated carbocycles. The third-order valence-electron chi connectivity index (χ3n) is 4.41. The summed E-state index contributed by atoms with van der Waals surface area (Å²) in [5.74, 6) is -7.61. The second-order valence-electron chi connectivity index (χ2n) is 6.73. The molecule has 0 aliphatic carbocycles. The van der Waals surface area contributed by atoms with Crippen LogP contribution in [-0.2, 0) is 15.5 Å². The molecule has 0 radical (unpaired) electrons. The largest absolute Gasteiger partial charge is 0.490 e. The molecule has 1 N–H and O–H groups in total. The van der Waals surface area contributed by atoms with Gasteiger partial charge in [-0.1, -0.05) is 69.7 Å². The molecule has 0 aliphatic rings. The highest BCUT2D eigenvalue weighted by Gasteiger charge is 2.43. The summed E-state index contributed by atoms with van der Waals surface area (Å²) in [6.07, 6.45) is 4.38. The lowest BCUT2D eigenvalue weighted by atomic mass is 10.1. The summed E-state index contributed by atoms with van der Waals surface area (Å²) in [4.78, 5) is -1.46. The van der Waals surface area contributed by atoms with Gasteiger partial charge < -0.3 is 4.74 Å². The fraction of sp³-hybridized carbons (Fsp3) is 0.684. The van der Waals surface area contributed by atoms with Crippen molar-refractivity contribution in [3.8, 4) is 5.75 Å². The first-order valence-electron chi connectivity index (χ1n) is 9.80. The van der Waals surface area contributed by atoms with E-state index in [1.807, 2.05) is 0 Å². The first-order chi connectivity index (χ1) is 14.3. The van der Waals surface area contributed by atoms with Gasteiger partial charge in [0.15, 0.2) is 17.4 Å². The molecule has 0 heterocycles. The summed E-state index contributed by atoms with van der Waals surface area (Å²) in [5.41, 5.74) is -2.09. The number of benzene rings is 1. The van der Waals surface area contributed by atoms with E-state index in [9.17, 15) is 26.3 Å². The predicted molar refractivity (Wildman–Crippen MR) is 99.3 cm³/mol. The van der Waals surface area contributed by atoms with Crippen LogP contribution in [0.5, 0.6) is 5.75 Å². The van der Waals surface area contributed by atoms with E-state index < -0.39 is 51.9 Å². The molecule has 0 fully saturated rings. The van der Waals surface area contributed by atoms with Gasteiger partial charge >= 0.3 is 6.18 Å². The summed E-state index contributed by atoms with van der Waals surface area (Å²) in [5, 5.41) is 11.1. The van der Waals surface area contributed by atoms with Gasteiger partial charge in [-0.2, -0.15) is 17.6 Å². The molecule has 0 aromatic heterocycles. The van der Waals surface area contributed by atoms with Crippen LogP contribution in [0.1, 0.15) is 76.7 Å². The summed E-state index contributed by atoms with van der Waals surface area (Å²) < 4.78 is 90.4. The molecule has 1 rings (SSSR count). The Morgan fingerprint density at radius 1 is 0.800 bits per heavy atom. The molecule has 0 bridgehead atoms. The fourth-order valence-corrected chi connectivity index (χ4v) is 3.33. The van der Waals surface area contributed by atoms with Gasteiger partial charge in [0.1, 0.15) is 10.5 Å². The number of alkyl halides is 3. The molecule has 0 unspecified atom stereocenters. The standard InChI is InChI=1S/C19H26F6O4S/c1-2-3-4-5-6-7-8-9-10-11-12-27-17-13(19(23,24)25)14(20)18(30-29-28-26)16(22)15(17)21/h26H,2-12H2,1H3. The Morgan fingerprint density at radius 3 is 1.83 bits per heavy atom. The Hall–Kier alpha value is -1.17. The van der Waals surface area contributed by atoms with Crippen LogP contribution < -0.4 is 4.74 Å². The minimum absolute atomic E-state index is 0.313. The van der Waals surface area contributed by atoms with Crippen LogP contribution in [0.4, 0.5) is 26.3 Å². The van der Waals surface area contributed by atoms with E-state index in [0.717, 1.165) is 25.7 Å². The number of hydrogen-bond acceptors (Lipinski definition) is 5. The van der Waals surface area contributed by atoms with Crippen LogP contribution in [0.2, 0.25) is 0 Å². The van der Waals surface area contributed by atoms with Crippen molar-refractivity contribution in [2.45, 2.75) is 82.2 Å². The average molecular weight is 464 g/mol. The smallest absolute Gasteiger partial charge is 0.422 e. The Balaban J connectivity index is 2.63. The van der Waals surface area contributed by atoms with E-state index in [-0.39, 0.29) is 6.61 Å². The van der Waals surface area contributed by atoms with Crippen LogP contribution in [0.25, 0.3) is 0 Å². The Morgan fingerprint density at radius 2 is 1.33 bits per heavy atom. The van der Waals surface area contributed by atoms with E-state index in [4.69, 9.17) is 9.99 Å². The maximum absolute atomic E-state index is 14.2. The second-order valence-corrected chi connectivity index (χ2v) is 7.44. The lowest BCUT2D eigenvalue weighted by Gasteiger charge is -2.18. The maximum Gasteiger partial charge on any atom is 0.422 e. The molecule has 4 nitrogen and oxygen atoms in total. The van der Waals surface area contributed by atoms with Gasteiger partial charge in [-0.15, -0.1) is 4.33 Å². The number of halogens is 6. The Bertz CT molecular complexity index is 643. The molecular weight excluding hydrogens is 438 g/mol. The minimum Gasteiger partial charge on any atom is -0.490 e. The van der Waals surface area contributed by atoms with Gasteiger partial charge in [0, 0.05) is 0 Å². The predicted octanol–water partition coefficient (Wildman–Crippen LogP) is 7.85. The van der Waals surface area contributed by atoms with Crippen molar-refractivity contribution < 1.29 is 45.7 Å². The van der Waals surface area contributed by atoms with E-state index in [0.29, 0.717) is 12.8 Å². The molecule has 30 heavy (non-hydrogen) atoms. The lowest BCUT2D eigenvalue weighted by Crippen LogP contribution is -2.16. The zero-order valence-electron chi connectivity index (χ0n) is 16.6. The van der Waals surface area contributed by atoms with Crippen molar-refractivity contribution in [1.82, 2.24) is 0 Å². The van der Waals surface area contributed by atoms with Crippen LogP contribution in [0, 0.1) is 17.5 Å². The molecule has 174 valence electrons. The highest BCUT2D eigenvalue weighted by molar-refractivity contribution is 7.94. The number of rotatable bonds is 15. The summed E-state index contributed by atoms with van der Waals surface area (Å²) >= 11 is -0.445. The van der Waals surface area contributed by atoms with Gasteiger partial charge in [0.2, 0.25) is 5.82 Å². The topological polar surface area (TPSA) is 47.9 Å². The molecule has 0 spiro atoms. The lowest BCUT2D eigenvalue weighted by molar-refractivity contribution is -0.432. The minimum atomic E-state index is -5.35. The van der Waals surface area contributed by atoms with E-state index >= 15 is 0 Å². The van der Waals surface area contributed by atoms with Crippen LogP contribution in [0.15, 0.2) is 4.90 Å². The molecule has 1 aromatic rings. The highest BCUT2D eigenvalue weighted by atomic mass is 32.2. The van der Waals surface area contributed by atoms with Crippen LogP contribution in [-0.4, -0.2) is 11.9 Å². The maximum atomic E-state index is 14.2.